The minimum absolute atomic E-state index is 0.0136. The average molecular weight is 483 g/mol. The van der Waals surface area contributed by atoms with Gasteiger partial charge in [0.25, 0.3) is 11.5 Å². The molecular weight excluding hydrogens is 448 g/mol. The number of fused-ring (bicyclic) bond motifs is 3. The second-order valence-corrected chi connectivity index (χ2v) is 9.76. The van der Waals surface area contributed by atoms with Crippen molar-refractivity contribution in [3.8, 4) is 0 Å². The van der Waals surface area contributed by atoms with Gasteiger partial charge in [0.15, 0.2) is 0 Å². The highest BCUT2D eigenvalue weighted by Crippen LogP contribution is 2.18. The van der Waals surface area contributed by atoms with Crippen LogP contribution in [0.25, 0.3) is 16.7 Å². The highest BCUT2D eigenvalue weighted by molar-refractivity contribution is 5.98. The molecule has 10 nitrogen and oxygen atoms in total. The summed E-state index contributed by atoms with van der Waals surface area (Å²) in [6, 6.07) is 4.54. The van der Waals surface area contributed by atoms with Crippen LogP contribution in [0.3, 0.4) is 0 Å². The molecule has 0 saturated heterocycles. The third kappa shape index (κ3) is 4.87. The normalized spacial score (nSPS) is 15.6. The molecule has 1 aromatic carbocycles. The lowest BCUT2D eigenvalue weighted by Crippen LogP contribution is -2.40. The molecule has 3 aromatic rings. The second kappa shape index (κ2) is 10.1. The molecule has 1 saturated carbocycles. The Hall–Kier alpha value is -3.43. The smallest absolute Gasteiger partial charge is 0.352 e. The zero-order valence-electron chi connectivity index (χ0n) is 20.8. The molecule has 0 bridgehead atoms. The maximum Gasteiger partial charge on any atom is 0.352 e. The Bertz CT molecular complexity index is 1380. The molecule has 2 heterocycles. The van der Waals surface area contributed by atoms with Crippen molar-refractivity contribution >= 4 is 28.5 Å². The number of amides is 2. The van der Waals surface area contributed by atoms with Crippen LogP contribution < -0.4 is 21.9 Å². The molecule has 1 aliphatic carbocycles. The topological polar surface area (TPSA) is 120 Å². The number of rotatable bonds is 7. The molecule has 0 aliphatic heterocycles. The minimum atomic E-state index is -0.530. The van der Waals surface area contributed by atoms with E-state index < -0.39 is 5.69 Å². The fourth-order valence-corrected chi connectivity index (χ4v) is 4.66. The lowest BCUT2D eigenvalue weighted by atomic mass is 9.95. The summed E-state index contributed by atoms with van der Waals surface area (Å²) in [6.07, 6.45) is 5.99. The van der Waals surface area contributed by atoms with E-state index in [0.717, 1.165) is 36.8 Å². The van der Waals surface area contributed by atoms with Crippen LogP contribution in [-0.2, 0) is 11.3 Å². The van der Waals surface area contributed by atoms with Crippen molar-refractivity contribution < 1.29 is 9.59 Å². The largest absolute Gasteiger partial charge is 0.352 e. The standard InChI is InChI=1S/C25H34N6O4/c1-5-16(4)26-22(33)17-11-12-19-20(13-17)31-24(30(15(2)3)23(19)34)28-29(25(31)35)14-21(32)27-18-9-7-6-8-10-18/h11-13,15-16,18H,5-10,14H2,1-4H3,(H,26,33)(H,27,32). The molecule has 1 aliphatic rings. The molecule has 35 heavy (non-hydrogen) atoms. The molecule has 4 rings (SSSR count). The quantitative estimate of drug-likeness (QED) is 0.536. The van der Waals surface area contributed by atoms with Gasteiger partial charge in [-0.1, -0.05) is 26.2 Å². The molecule has 0 spiro atoms. The van der Waals surface area contributed by atoms with Gasteiger partial charge in [0, 0.05) is 23.7 Å². The van der Waals surface area contributed by atoms with Gasteiger partial charge in [-0.2, -0.15) is 0 Å². The number of nitrogens with zero attached hydrogens (tertiary/aromatic N) is 4. The number of carbonyl (C=O) groups is 2. The van der Waals surface area contributed by atoms with E-state index in [1.807, 2.05) is 27.7 Å². The van der Waals surface area contributed by atoms with Crippen molar-refractivity contribution in [2.24, 2.45) is 0 Å². The van der Waals surface area contributed by atoms with Crippen LogP contribution in [0, 0.1) is 0 Å². The first-order valence-electron chi connectivity index (χ1n) is 12.5. The molecule has 2 N–H and O–H groups in total. The first-order valence-corrected chi connectivity index (χ1v) is 12.5. The maximum atomic E-state index is 13.4. The van der Waals surface area contributed by atoms with Crippen LogP contribution in [0.4, 0.5) is 0 Å². The van der Waals surface area contributed by atoms with Gasteiger partial charge in [-0.05, 0) is 58.2 Å². The molecule has 2 amide bonds. The van der Waals surface area contributed by atoms with Crippen molar-refractivity contribution in [3.63, 3.8) is 0 Å². The summed E-state index contributed by atoms with van der Waals surface area (Å²) in [5, 5.41) is 10.6. The summed E-state index contributed by atoms with van der Waals surface area (Å²) in [5.74, 6) is -0.416. The van der Waals surface area contributed by atoms with Crippen LogP contribution in [0.2, 0.25) is 0 Å². The predicted molar refractivity (Wildman–Crippen MR) is 134 cm³/mol. The summed E-state index contributed by atoms with van der Waals surface area (Å²) in [6.45, 7) is 7.31. The van der Waals surface area contributed by atoms with Gasteiger partial charge in [0.2, 0.25) is 11.7 Å². The van der Waals surface area contributed by atoms with Crippen LogP contribution in [0.5, 0.6) is 0 Å². The van der Waals surface area contributed by atoms with Gasteiger partial charge in [-0.15, -0.1) is 5.10 Å². The van der Waals surface area contributed by atoms with Crippen molar-refractivity contribution in [1.29, 1.82) is 0 Å². The number of nitrogens with one attached hydrogen (secondary N) is 2. The predicted octanol–water partition coefficient (Wildman–Crippen LogP) is 2.37. The summed E-state index contributed by atoms with van der Waals surface area (Å²) < 4.78 is 3.86. The molecule has 2 aromatic heterocycles. The van der Waals surface area contributed by atoms with Crippen molar-refractivity contribution in [2.75, 3.05) is 0 Å². The first kappa shape index (κ1) is 24.7. The number of benzene rings is 1. The third-order valence-corrected chi connectivity index (χ3v) is 6.76. The molecule has 1 unspecified atom stereocenters. The van der Waals surface area contributed by atoms with Crippen LogP contribution in [0.1, 0.15) is 82.6 Å². The van der Waals surface area contributed by atoms with Crippen molar-refractivity contribution in [1.82, 2.24) is 29.4 Å². The molecular formula is C25H34N6O4. The number of hydrogen-bond donors (Lipinski definition) is 2. The van der Waals surface area contributed by atoms with Crippen molar-refractivity contribution in [3.05, 3.63) is 44.6 Å². The van der Waals surface area contributed by atoms with Gasteiger partial charge < -0.3 is 10.6 Å². The SMILES string of the molecule is CCC(C)NC(=O)c1ccc2c(=O)n(C(C)C)c3nn(CC(=O)NC4CCCCC4)c(=O)n3c2c1. The van der Waals surface area contributed by atoms with Crippen molar-refractivity contribution in [2.45, 2.75) is 90.9 Å². The van der Waals surface area contributed by atoms with E-state index in [1.54, 1.807) is 18.2 Å². The van der Waals surface area contributed by atoms with E-state index in [4.69, 9.17) is 0 Å². The highest BCUT2D eigenvalue weighted by atomic mass is 16.2. The average Bonchev–Trinajstić information content (AvgIpc) is 3.14. The van der Waals surface area contributed by atoms with Gasteiger partial charge >= 0.3 is 5.69 Å². The fraction of sp³-hybridized carbons (Fsp3) is 0.560. The highest BCUT2D eigenvalue weighted by Gasteiger charge is 2.22. The lowest BCUT2D eigenvalue weighted by Gasteiger charge is -2.22. The molecule has 188 valence electrons. The monoisotopic (exact) mass is 482 g/mol. The Morgan fingerprint density at radius 2 is 1.83 bits per heavy atom. The Balaban J connectivity index is 1.80. The van der Waals surface area contributed by atoms with Gasteiger partial charge in [-0.3, -0.25) is 19.0 Å². The summed E-state index contributed by atoms with van der Waals surface area (Å²) >= 11 is 0. The molecule has 0 radical (unpaired) electrons. The number of aromatic nitrogens is 4. The Kier molecular flexibility index (Phi) is 7.09. The Morgan fingerprint density at radius 3 is 2.49 bits per heavy atom. The summed E-state index contributed by atoms with van der Waals surface area (Å²) in [4.78, 5) is 52.2. The zero-order valence-corrected chi connectivity index (χ0v) is 20.8. The number of hydrogen-bond acceptors (Lipinski definition) is 5. The van der Waals surface area contributed by atoms with E-state index in [0.29, 0.717) is 16.5 Å². The van der Waals surface area contributed by atoms with Gasteiger partial charge in [0.1, 0.15) is 6.54 Å². The second-order valence-electron chi connectivity index (χ2n) is 9.76. The van der Waals surface area contributed by atoms with Gasteiger partial charge in [0.05, 0.1) is 10.9 Å². The van der Waals surface area contributed by atoms with E-state index in [9.17, 15) is 19.2 Å². The van der Waals surface area contributed by atoms with E-state index in [-0.39, 0.29) is 47.8 Å². The van der Waals surface area contributed by atoms with E-state index >= 15 is 0 Å². The van der Waals surface area contributed by atoms with Gasteiger partial charge in [-0.25, -0.2) is 13.9 Å². The fourth-order valence-electron chi connectivity index (χ4n) is 4.66. The zero-order chi connectivity index (χ0) is 25.3. The Morgan fingerprint density at radius 1 is 1.11 bits per heavy atom. The molecule has 1 atom stereocenters. The number of carbonyl (C=O) groups excluding carboxylic acids is 2. The van der Waals surface area contributed by atoms with E-state index in [2.05, 4.69) is 15.7 Å². The lowest BCUT2D eigenvalue weighted by molar-refractivity contribution is -0.122. The molecule has 10 heteroatoms. The van der Waals surface area contributed by atoms with Crippen LogP contribution in [-0.4, -0.2) is 42.6 Å². The Labute approximate surface area is 203 Å². The maximum absolute atomic E-state index is 13.4. The van der Waals surface area contributed by atoms with Crippen LogP contribution in [0.15, 0.2) is 27.8 Å². The summed E-state index contributed by atoms with van der Waals surface area (Å²) in [5.41, 5.74) is -0.198. The first-order chi connectivity index (χ1) is 16.7. The minimum Gasteiger partial charge on any atom is -0.352 e. The van der Waals surface area contributed by atoms with Crippen LogP contribution >= 0.6 is 0 Å². The summed E-state index contributed by atoms with van der Waals surface area (Å²) in [7, 11) is 0. The third-order valence-electron chi connectivity index (χ3n) is 6.76. The molecule has 1 fully saturated rings. The van der Waals surface area contributed by atoms with E-state index in [1.165, 1.54) is 15.4 Å².